The monoisotopic (exact) mass is 241 g/mol. The van der Waals surface area contributed by atoms with E-state index in [2.05, 4.69) is 0 Å². The quantitative estimate of drug-likeness (QED) is 0.740. The highest BCUT2D eigenvalue weighted by molar-refractivity contribution is 6.30. The van der Waals surface area contributed by atoms with Gasteiger partial charge in [-0.3, -0.25) is 9.63 Å². The van der Waals surface area contributed by atoms with Crippen LogP contribution in [0.25, 0.3) is 0 Å². The second-order valence-corrected chi connectivity index (χ2v) is 4.02. The first-order valence-corrected chi connectivity index (χ1v) is 5.26. The first kappa shape index (κ1) is 11.2. The van der Waals surface area contributed by atoms with Crippen LogP contribution in [0.2, 0.25) is 5.02 Å². The molecule has 0 saturated heterocycles. The number of rotatable bonds is 2. The van der Waals surface area contributed by atoms with Gasteiger partial charge in [-0.2, -0.15) is 0 Å². The third-order valence-electron chi connectivity index (χ3n) is 2.56. The molecule has 0 aromatic heterocycles. The number of ether oxygens (including phenoxy) is 1. The van der Waals surface area contributed by atoms with Crippen LogP contribution in [0.3, 0.4) is 0 Å². The number of amides is 1. The third kappa shape index (κ3) is 1.99. The van der Waals surface area contributed by atoms with Crippen molar-refractivity contribution in [2.45, 2.75) is 12.5 Å². The van der Waals surface area contributed by atoms with Crippen molar-refractivity contribution in [1.29, 1.82) is 0 Å². The van der Waals surface area contributed by atoms with Crippen molar-refractivity contribution in [2.24, 2.45) is 0 Å². The van der Waals surface area contributed by atoms with Crippen LogP contribution in [0.1, 0.15) is 5.56 Å². The molecule has 4 nitrogen and oxygen atoms in total. The molecule has 1 unspecified atom stereocenters. The summed E-state index contributed by atoms with van der Waals surface area (Å²) in [7, 11) is 3.00. The maximum absolute atomic E-state index is 11.8. The summed E-state index contributed by atoms with van der Waals surface area (Å²) in [6, 6.07) is 5.34. The molecule has 1 heterocycles. The van der Waals surface area contributed by atoms with Crippen molar-refractivity contribution in [2.75, 3.05) is 14.2 Å². The van der Waals surface area contributed by atoms with E-state index in [1.165, 1.54) is 7.11 Å². The van der Waals surface area contributed by atoms with Crippen LogP contribution in [0.15, 0.2) is 18.2 Å². The Kier molecular flexibility index (Phi) is 3.03. The molecule has 1 aromatic carbocycles. The number of nitrogens with zero attached hydrogens (tertiary/aromatic N) is 1. The first-order valence-electron chi connectivity index (χ1n) is 4.88. The van der Waals surface area contributed by atoms with E-state index in [0.717, 1.165) is 10.6 Å². The van der Waals surface area contributed by atoms with Gasteiger partial charge in [-0.1, -0.05) is 11.6 Å². The predicted molar refractivity (Wildman–Crippen MR) is 59.4 cm³/mol. The Morgan fingerprint density at radius 1 is 1.62 bits per heavy atom. The van der Waals surface area contributed by atoms with E-state index in [-0.39, 0.29) is 5.91 Å². The van der Waals surface area contributed by atoms with E-state index >= 15 is 0 Å². The van der Waals surface area contributed by atoms with Crippen LogP contribution in [-0.2, 0) is 16.1 Å². The molecule has 0 bridgehead atoms. The maximum atomic E-state index is 11.8. The molecule has 16 heavy (non-hydrogen) atoms. The Bertz CT molecular complexity index is 422. The number of halogens is 1. The molecular weight excluding hydrogens is 230 g/mol. The van der Waals surface area contributed by atoms with Crippen LogP contribution < -0.4 is 4.74 Å². The lowest BCUT2D eigenvalue weighted by Crippen LogP contribution is -2.38. The van der Waals surface area contributed by atoms with Crippen LogP contribution in [0.5, 0.6) is 5.75 Å². The lowest BCUT2D eigenvalue weighted by atomic mass is 10.1. The maximum Gasteiger partial charge on any atom is 0.287 e. The largest absolute Gasteiger partial charge is 0.480 e. The van der Waals surface area contributed by atoms with Gasteiger partial charge >= 0.3 is 0 Å². The van der Waals surface area contributed by atoms with E-state index in [0.29, 0.717) is 17.2 Å². The smallest absolute Gasteiger partial charge is 0.287 e. The molecule has 0 fully saturated rings. The standard InChI is InChI=1S/C11H12ClNO3/c1-13(15-2)11(14)10-6-7-5-8(12)3-4-9(7)16-10/h3-5,10H,6H2,1-2H3. The fourth-order valence-corrected chi connectivity index (χ4v) is 1.84. The van der Waals surface area contributed by atoms with Crippen molar-refractivity contribution in [1.82, 2.24) is 5.06 Å². The van der Waals surface area contributed by atoms with Gasteiger partial charge in [-0.25, -0.2) is 5.06 Å². The first-order chi connectivity index (χ1) is 7.61. The van der Waals surface area contributed by atoms with Crippen LogP contribution in [0.4, 0.5) is 0 Å². The molecule has 2 rings (SSSR count). The summed E-state index contributed by atoms with van der Waals surface area (Å²) in [5.41, 5.74) is 0.954. The molecule has 1 amide bonds. The van der Waals surface area contributed by atoms with Crippen molar-refractivity contribution in [3.05, 3.63) is 28.8 Å². The van der Waals surface area contributed by atoms with Gasteiger partial charge in [-0.15, -0.1) is 0 Å². The zero-order valence-corrected chi connectivity index (χ0v) is 9.82. The number of hydrogen-bond acceptors (Lipinski definition) is 3. The molecule has 86 valence electrons. The van der Waals surface area contributed by atoms with Crippen molar-refractivity contribution in [3.8, 4) is 5.75 Å². The molecular formula is C11H12ClNO3. The van der Waals surface area contributed by atoms with Crippen molar-refractivity contribution in [3.63, 3.8) is 0 Å². The summed E-state index contributed by atoms with van der Waals surface area (Å²) < 4.78 is 5.52. The second-order valence-electron chi connectivity index (χ2n) is 3.58. The minimum Gasteiger partial charge on any atom is -0.480 e. The Morgan fingerprint density at radius 2 is 2.38 bits per heavy atom. The van der Waals surface area contributed by atoms with Crippen LogP contribution >= 0.6 is 11.6 Å². The van der Waals surface area contributed by atoms with Gasteiger partial charge in [-0.05, 0) is 23.8 Å². The fraction of sp³-hybridized carbons (Fsp3) is 0.364. The zero-order chi connectivity index (χ0) is 11.7. The Morgan fingerprint density at radius 3 is 3.06 bits per heavy atom. The van der Waals surface area contributed by atoms with Crippen LogP contribution in [-0.4, -0.2) is 31.2 Å². The molecule has 1 aliphatic rings. The van der Waals surface area contributed by atoms with Gasteiger partial charge in [0.25, 0.3) is 5.91 Å². The highest BCUT2D eigenvalue weighted by atomic mass is 35.5. The Labute approximate surface area is 98.7 Å². The Balaban J connectivity index is 2.14. The number of hydrogen-bond donors (Lipinski definition) is 0. The number of benzene rings is 1. The molecule has 0 saturated carbocycles. The normalized spacial score (nSPS) is 17.8. The SMILES string of the molecule is CON(C)C(=O)C1Cc2cc(Cl)ccc2O1. The van der Waals surface area contributed by atoms with Gasteiger partial charge in [0, 0.05) is 18.5 Å². The summed E-state index contributed by atoms with van der Waals surface area (Å²) in [4.78, 5) is 16.6. The third-order valence-corrected chi connectivity index (χ3v) is 2.79. The zero-order valence-electron chi connectivity index (χ0n) is 9.07. The minimum atomic E-state index is -0.515. The van der Waals surface area contributed by atoms with Gasteiger partial charge < -0.3 is 4.74 Å². The summed E-state index contributed by atoms with van der Waals surface area (Å²) >= 11 is 5.86. The molecule has 1 atom stereocenters. The topological polar surface area (TPSA) is 38.8 Å². The summed E-state index contributed by atoms with van der Waals surface area (Å²) in [5, 5.41) is 1.81. The molecule has 5 heteroatoms. The highest BCUT2D eigenvalue weighted by Gasteiger charge is 2.31. The predicted octanol–water partition coefficient (Wildman–Crippen LogP) is 1.66. The van der Waals surface area contributed by atoms with E-state index in [1.54, 1.807) is 19.2 Å². The van der Waals surface area contributed by atoms with Gasteiger partial charge in [0.05, 0.1) is 7.11 Å². The molecule has 0 radical (unpaired) electrons. The Hall–Kier alpha value is -1.26. The summed E-state index contributed by atoms with van der Waals surface area (Å²) in [6.07, 6.45) is 0.0148. The molecule has 1 aliphatic heterocycles. The molecule has 0 aliphatic carbocycles. The molecule has 0 N–H and O–H groups in total. The molecule has 1 aromatic rings. The lowest BCUT2D eigenvalue weighted by Gasteiger charge is -2.17. The number of carbonyl (C=O) groups excluding carboxylic acids is 1. The van der Waals surface area contributed by atoms with Crippen molar-refractivity contribution >= 4 is 17.5 Å². The lowest BCUT2D eigenvalue weighted by molar-refractivity contribution is -0.175. The minimum absolute atomic E-state index is 0.199. The van der Waals surface area contributed by atoms with E-state index < -0.39 is 6.10 Å². The fourth-order valence-electron chi connectivity index (χ4n) is 1.65. The number of hydroxylamine groups is 2. The number of fused-ring (bicyclic) bond motifs is 1. The van der Waals surface area contributed by atoms with Gasteiger partial charge in [0.15, 0.2) is 6.10 Å². The average Bonchev–Trinajstić information content (AvgIpc) is 2.69. The van der Waals surface area contributed by atoms with Gasteiger partial charge in [0.1, 0.15) is 5.75 Å². The number of likely N-dealkylation sites (N-methyl/N-ethyl adjacent to an activating group) is 1. The summed E-state index contributed by atoms with van der Waals surface area (Å²) in [6.45, 7) is 0. The van der Waals surface area contributed by atoms with Crippen LogP contribution in [0, 0.1) is 0 Å². The molecule has 0 spiro atoms. The van der Waals surface area contributed by atoms with Gasteiger partial charge in [0.2, 0.25) is 0 Å². The van der Waals surface area contributed by atoms with E-state index in [1.807, 2.05) is 6.07 Å². The second kappa shape index (κ2) is 4.31. The van der Waals surface area contributed by atoms with Crippen molar-refractivity contribution < 1.29 is 14.4 Å². The van der Waals surface area contributed by atoms with E-state index in [9.17, 15) is 4.79 Å². The summed E-state index contributed by atoms with van der Waals surface area (Å²) in [5.74, 6) is 0.516. The highest BCUT2D eigenvalue weighted by Crippen LogP contribution is 2.31. The van der Waals surface area contributed by atoms with E-state index in [4.69, 9.17) is 21.2 Å². The number of carbonyl (C=O) groups is 1. The average molecular weight is 242 g/mol.